The number of hydrogen-bond donors (Lipinski definition) is 1. The molecule has 1 aliphatic carbocycles. The van der Waals surface area contributed by atoms with Gasteiger partial charge in [-0.05, 0) is 67.0 Å². The topological polar surface area (TPSA) is 77.2 Å². The summed E-state index contributed by atoms with van der Waals surface area (Å²) < 4.78 is 40.3. The maximum absolute atomic E-state index is 14.8. The van der Waals surface area contributed by atoms with Gasteiger partial charge in [-0.1, -0.05) is 18.2 Å². The fourth-order valence-electron chi connectivity index (χ4n) is 3.49. The molecule has 1 amide bonds. The second-order valence-corrected chi connectivity index (χ2v) is 8.34. The zero-order valence-electron chi connectivity index (χ0n) is 13.7. The lowest BCUT2D eigenvalue weighted by atomic mass is 9.80. The van der Waals surface area contributed by atoms with Crippen LogP contribution in [0.3, 0.4) is 0 Å². The number of carbonyl (C=O) groups is 1. The molecule has 2 aromatic carbocycles. The number of aryl methyl sites for hydroxylation is 1. The summed E-state index contributed by atoms with van der Waals surface area (Å²) in [6.07, 6.45) is 2.95. The fraction of sp³-hybridized carbons (Fsp3) is 0.316. The highest BCUT2D eigenvalue weighted by molar-refractivity contribution is 7.91. The Morgan fingerprint density at radius 3 is 2.56 bits per heavy atom. The summed E-state index contributed by atoms with van der Waals surface area (Å²) in [5.41, 5.74) is 6.46. The molecule has 132 valence electrons. The van der Waals surface area contributed by atoms with Gasteiger partial charge in [-0.3, -0.25) is 4.79 Å². The highest BCUT2D eigenvalue weighted by Gasteiger charge is 2.27. The third-order valence-corrected chi connectivity index (χ3v) is 6.45. The number of carbonyl (C=O) groups excluding carboxylic acids is 1. The third-order valence-electron chi connectivity index (χ3n) is 4.70. The number of sulfone groups is 1. The molecule has 2 aromatic rings. The second kappa shape index (κ2) is 6.96. The van der Waals surface area contributed by atoms with Crippen molar-refractivity contribution in [2.45, 2.75) is 47.8 Å². The van der Waals surface area contributed by atoms with E-state index in [1.165, 1.54) is 12.1 Å². The Balaban J connectivity index is 2.01. The minimum atomic E-state index is -3.75. The molecule has 2 N–H and O–H groups in total. The van der Waals surface area contributed by atoms with Crippen molar-refractivity contribution in [3.05, 3.63) is 59.4 Å². The van der Waals surface area contributed by atoms with Crippen molar-refractivity contribution in [2.75, 3.05) is 0 Å². The molecule has 0 saturated heterocycles. The summed E-state index contributed by atoms with van der Waals surface area (Å²) in [4.78, 5) is 11.2. The molecule has 6 heteroatoms. The summed E-state index contributed by atoms with van der Waals surface area (Å²) in [5.74, 6) is -1.01. The second-order valence-electron chi connectivity index (χ2n) is 6.39. The van der Waals surface area contributed by atoms with E-state index in [0.717, 1.165) is 24.5 Å². The van der Waals surface area contributed by atoms with Crippen LogP contribution in [0.4, 0.5) is 4.39 Å². The zero-order chi connectivity index (χ0) is 18.0. The molecule has 0 heterocycles. The Labute approximate surface area is 146 Å². The van der Waals surface area contributed by atoms with Gasteiger partial charge < -0.3 is 5.73 Å². The number of fused-ring (bicyclic) bond motifs is 1. The van der Waals surface area contributed by atoms with Crippen molar-refractivity contribution < 1.29 is 17.6 Å². The number of hydrogen-bond acceptors (Lipinski definition) is 3. The van der Waals surface area contributed by atoms with Crippen molar-refractivity contribution in [3.63, 3.8) is 0 Å². The van der Waals surface area contributed by atoms with Crippen LogP contribution in [0.2, 0.25) is 0 Å². The Hall–Kier alpha value is -2.21. The van der Waals surface area contributed by atoms with Crippen LogP contribution in [-0.4, -0.2) is 14.3 Å². The van der Waals surface area contributed by atoms with E-state index in [0.29, 0.717) is 18.4 Å². The maximum atomic E-state index is 14.8. The van der Waals surface area contributed by atoms with Gasteiger partial charge in [-0.15, -0.1) is 0 Å². The molecule has 0 aromatic heterocycles. The Morgan fingerprint density at radius 1 is 1.16 bits per heavy atom. The molecule has 1 atom stereocenters. The normalized spacial score (nSPS) is 17.1. The third kappa shape index (κ3) is 3.58. The van der Waals surface area contributed by atoms with Crippen molar-refractivity contribution in [2.24, 2.45) is 5.73 Å². The van der Waals surface area contributed by atoms with Gasteiger partial charge in [0, 0.05) is 6.42 Å². The molecule has 0 fully saturated rings. The Kier molecular flexibility index (Phi) is 4.90. The number of amides is 1. The van der Waals surface area contributed by atoms with E-state index in [4.69, 9.17) is 5.73 Å². The quantitative estimate of drug-likeness (QED) is 0.887. The van der Waals surface area contributed by atoms with Gasteiger partial charge in [0.05, 0.1) is 9.79 Å². The standard InChI is InChI=1S/C19H20FNO3S/c20-17-12-16(25(23,24)15-7-2-1-3-8-15)11-14-6-4-5-13(19(14)17)9-10-18(21)22/h1-3,7-8,11-13H,4-6,9-10H2,(H2,21,22)/t13-/m1/s1. The van der Waals surface area contributed by atoms with Crippen molar-refractivity contribution in [1.29, 1.82) is 0 Å². The maximum Gasteiger partial charge on any atom is 0.217 e. The molecule has 0 saturated carbocycles. The first-order valence-corrected chi connectivity index (χ1v) is 9.78. The lowest BCUT2D eigenvalue weighted by molar-refractivity contribution is -0.118. The predicted octanol–water partition coefficient (Wildman–Crippen LogP) is 3.34. The van der Waals surface area contributed by atoms with Gasteiger partial charge in [0.2, 0.25) is 15.7 Å². The SMILES string of the molecule is NC(=O)CC[C@H]1CCCc2cc(S(=O)(=O)c3ccccc3)cc(F)c21. The summed E-state index contributed by atoms with van der Waals surface area (Å²) in [6, 6.07) is 10.7. The molecule has 0 radical (unpaired) electrons. The monoisotopic (exact) mass is 361 g/mol. The average molecular weight is 361 g/mol. The molecule has 1 aliphatic rings. The van der Waals surface area contributed by atoms with Gasteiger partial charge in [0.1, 0.15) is 5.82 Å². The van der Waals surface area contributed by atoms with Gasteiger partial charge in [0.25, 0.3) is 0 Å². The average Bonchev–Trinajstić information content (AvgIpc) is 2.60. The van der Waals surface area contributed by atoms with Gasteiger partial charge in [-0.25, -0.2) is 12.8 Å². The summed E-state index contributed by atoms with van der Waals surface area (Å²) >= 11 is 0. The highest BCUT2D eigenvalue weighted by atomic mass is 32.2. The zero-order valence-corrected chi connectivity index (χ0v) is 14.6. The number of benzene rings is 2. The molecule has 0 spiro atoms. The van der Waals surface area contributed by atoms with Crippen LogP contribution in [0.25, 0.3) is 0 Å². The largest absolute Gasteiger partial charge is 0.370 e. The first kappa shape index (κ1) is 17.6. The number of primary amides is 1. The van der Waals surface area contributed by atoms with E-state index in [9.17, 15) is 17.6 Å². The van der Waals surface area contributed by atoms with Crippen LogP contribution < -0.4 is 5.73 Å². The Bertz CT molecular complexity index is 894. The van der Waals surface area contributed by atoms with Gasteiger partial charge in [-0.2, -0.15) is 0 Å². The molecular weight excluding hydrogens is 341 g/mol. The van der Waals surface area contributed by atoms with E-state index >= 15 is 0 Å². The van der Waals surface area contributed by atoms with Crippen LogP contribution in [0.1, 0.15) is 42.7 Å². The van der Waals surface area contributed by atoms with Crippen molar-refractivity contribution in [1.82, 2.24) is 0 Å². The first-order valence-electron chi connectivity index (χ1n) is 8.30. The molecule has 4 nitrogen and oxygen atoms in total. The van der Waals surface area contributed by atoms with Crippen LogP contribution in [0, 0.1) is 5.82 Å². The highest BCUT2D eigenvalue weighted by Crippen LogP contribution is 2.38. The van der Waals surface area contributed by atoms with Crippen molar-refractivity contribution in [3.8, 4) is 0 Å². The summed E-state index contributed by atoms with van der Waals surface area (Å²) in [6.45, 7) is 0. The Morgan fingerprint density at radius 2 is 1.88 bits per heavy atom. The molecular formula is C19H20FNO3S. The van der Waals surface area contributed by atoms with Crippen LogP contribution in [-0.2, 0) is 21.1 Å². The molecule has 0 aliphatic heterocycles. The number of rotatable bonds is 5. The lowest BCUT2D eigenvalue weighted by Crippen LogP contribution is -2.17. The van der Waals surface area contributed by atoms with E-state index < -0.39 is 21.6 Å². The summed E-state index contributed by atoms with van der Waals surface area (Å²) in [5, 5.41) is 0. The summed E-state index contributed by atoms with van der Waals surface area (Å²) in [7, 11) is -3.75. The van der Waals surface area contributed by atoms with Gasteiger partial charge in [0.15, 0.2) is 0 Å². The van der Waals surface area contributed by atoms with Crippen molar-refractivity contribution >= 4 is 15.7 Å². The van der Waals surface area contributed by atoms with E-state index in [1.54, 1.807) is 24.3 Å². The molecule has 0 unspecified atom stereocenters. The molecule has 0 bridgehead atoms. The van der Waals surface area contributed by atoms with E-state index in [2.05, 4.69) is 0 Å². The lowest BCUT2D eigenvalue weighted by Gasteiger charge is -2.26. The number of nitrogens with two attached hydrogens (primary N) is 1. The predicted molar refractivity (Wildman–Crippen MR) is 92.4 cm³/mol. The fourth-order valence-corrected chi connectivity index (χ4v) is 4.83. The van der Waals surface area contributed by atoms with Crippen LogP contribution in [0.5, 0.6) is 0 Å². The van der Waals surface area contributed by atoms with Crippen LogP contribution in [0.15, 0.2) is 52.3 Å². The smallest absolute Gasteiger partial charge is 0.217 e. The minimum absolute atomic E-state index is 0.0227. The molecule has 25 heavy (non-hydrogen) atoms. The first-order chi connectivity index (χ1) is 11.9. The minimum Gasteiger partial charge on any atom is -0.370 e. The van der Waals surface area contributed by atoms with Crippen LogP contribution >= 0.6 is 0 Å². The molecule has 3 rings (SSSR count). The van der Waals surface area contributed by atoms with E-state index in [1.807, 2.05) is 0 Å². The number of halogens is 1. The van der Waals surface area contributed by atoms with E-state index in [-0.39, 0.29) is 22.1 Å². The van der Waals surface area contributed by atoms with Gasteiger partial charge >= 0.3 is 0 Å².